The number of rotatable bonds is 9. The molecular formula is C24H23BrCl2N2O3. The SMILES string of the molecule is CCOc1cc(CNc2cc(Cl)ccc2Cl)c(Br)cc1OCC(=O)Nc1ccc(C)cc1. The molecule has 0 saturated heterocycles. The Morgan fingerprint density at radius 3 is 2.44 bits per heavy atom. The highest BCUT2D eigenvalue weighted by Crippen LogP contribution is 2.35. The van der Waals surface area contributed by atoms with E-state index in [0.29, 0.717) is 34.7 Å². The van der Waals surface area contributed by atoms with Crippen LogP contribution in [0.5, 0.6) is 11.5 Å². The summed E-state index contributed by atoms with van der Waals surface area (Å²) in [7, 11) is 0. The van der Waals surface area contributed by atoms with Crippen LogP contribution in [0.2, 0.25) is 10.0 Å². The molecule has 8 heteroatoms. The average Bonchev–Trinajstić information content (AvgIpc) is 2.76. The first-order valence-electron chi connectivity index (χ1n) is 9.99. The summed E-state index contributed by atoms with van der Waals surface area (Å²) in [6.07, 6.45) is 0. The highest BCUT2D eigenvalue weighted by molar-refractivity contribution is 9.10. The molecule has 1 amide bonds. The number of hydrogen-bond donors (Lipinski definition) is 2. The smallest absolute Gasteiger partial charge is 0.262 e. The van der Waals surface area contributed by atoms with Gasteiger partial charge in [0.05, 0.1) is 17.3 Å². The lowest BCUT2D eigenvalue weighted by Crippen LogP contribution is -2.20. The first kappa shape index (κ1) is 24.2. The van der Waals surface area contributed by atoms with Gasteiger partial charge in [-0.25, -0.2) is 0 Å². The van der Waals surface area contributed by atoms with Gasteiger partial charge in [0.2, 0.25) is 0 Å². The van der Waals surface area contributed by atoms with Gasteiger partial charge in [-0.2, -0.15) is 0 Å². The molecule has 0 atom stereocenters. The van der Waals surface area contributed by atoms with Crippen molar-refractivity contribution >= 4 is 56.4 Å². The van der Waals surface area contributed by atoms with Gasteiger partial charge in [0, 0.05) is 21.7 Å². The summed E-state index contributed by atoms with van der Waals surface area (Å²) in [6.45, 7) is 4.68. The van der Waals surface area contributed by atoms with Gasteiger partial charge in [0.15, 0.2) is 18.1 Å². The quantitative estimate of drug-likeness (QED) is 0.306. The van der Waals surface area contributed by atoms with Crippen LogP contribution in [0.1, 0.15) is 18.1 Å². The van der Waals surface area contributed by atoms with Crippen molar-refractivity contribution in [3.8, 4) is 11.5 Å². The van der Waals surface area contributed by atoms with Crippen LogP contribution in [0.3, 0.4) is 0 Å². The lowest BCUT2D eigenvalue weighted by Gasteiger charge is -2.16. The maximum Gasteiger partial charge on any atom is 0.262 e. The summed E-state index contributed by atoms with van der Waals surface area (Å²) in [5.74, 6) is 0.768. The number of amides is 1. The van der Waals surface area contributed by atoms with Crippen LogP contribution in [0.25, 0.3) is 0 Å². The van der Waals surface area contributed by atoms with Crippen LogP contribution < -0.4 is 20.1 Å². The summed E-state index contributed by atoms with van der Waals surface area (Å²) in [6, 6.07) is 16.5. The topological polar surface area (TPSA) is 59.6 Å². The Balaban J connectivity index is 1.68. The van der Waals surface area contributed by atoms with E-state index in [4.69, 9.17) is 32.7 Å². The van der Waals surface area contributed by atoms with E-state index in [2.05, 4.69) is 26.6 Å². The van der Waals surface area contributed by atoms with E-state index in [1.807, 2.05) is 44.2 Å². The van der Waals surface area contributed by atoms with Crippen molar-refractivity contribution in [2.45, 2.75) is 20.4 Å². The van der Waals surface area contributed by atoms with Crippen LogP contribution in [0.15, 0.2) is 59.1 Å². The summed E-state index contributed by atoms with van der Waals surface area (Å²) < 4.78 is 12.3. The van der Waals surface area contributed by atoms with Gasteiger partial charge in [0.1, 0.15) is 0 Å². The molecule has 0 radical (unpaired) electrons. The molecule has 2 N–H and O–H groups in total. The second-order valence-corrected chi connectivity index (χ2v) is 8.70. The Morgan fingerprint density at radius 2 is 1.72 bits per heavy atom. The molecular weight excluding hydrogens is 515 g/mol. The number of halogens is 3. The van der Waals surface area contributed by atoms with Crippen LogP contribution in [-0.4, -0.2) is 19.1 Å². The minimum atomic E-state index is -0.256. The van der Waals surface area contributed by atoms with Crippen molar-refractivity contribution in [1.82, 2.24) is 0 Å². The van der Waals surface area contributed by atoms with E-state index in [0.717, 1.165) is 27.0 Å². The first-order valence-corrected chi connectivity index (χ1v) is 11.5. The Bertz CT molecular complexity index is 1090. The number of carbonyl (C=O) groups is 1. The minimum Gasteiger partial charge on any atom is -0.490 e. The molecule has 0 aliphatic heterocycles. The fourth-order valence-electron chi connectivity index (χ4n) is 2.89. The standard InChI is InChI=1S/C24H23BrCl2N2O3/c1-3-31-22-10-16(13-28-21-11-17(26)6-9-20(21)27)19(25)12-23(22)32-14-24(30)29-18-7-4-15(2)5-8-18/h4-12,28H,3,13-14H2,1-2H3,(H,29,30). The van der Waals surface area contributed by atoms with Crippen molar-refractivity contribution in [1.29, 1.82) is 0 Å². The molecule has 0 aliphatic rings. The third-order valence-electron chi connectivity index (χ3n) is 4.50. The number of nitrogens with one attached hydrogen (secondary N) is 2. The van der Waals surface area contributed by atoms with Gasteiger partial charge in [-0.05, 0) is 61.9 Å². The predicted octanol–water partition coefficient (Wildman–Crippen LogP) is 7.09. The van der Waals surface area contributed by atoms with Gasteiger partial charge < -0.3 is 20.1 Å². The second-order valence-electron chi connectivity index (χ2n) is 7.00. The number of benzene rings is 3. The maximum atomic E-state index is 12.3. The lowest BCUT2D eigenvalue weighted by molar-refractivity contribution is -0.118. The van der Waals surface area contributed by atoms with Crippen LogP contribution in [0.4, 0.5) is 11.4 Å². The summed E-state index contributed by atoms with van der Waals surface area (Å²) >= 11 is 15.9. The van der Waals surface area contributed by atoms with Gasteiger partial charge >= 0.3 is 0 Å². The zero-order valence-electron chi connectivity index (χ0n) is 17.7. The van der Waals surface area contributed by atoms with Crippen LogP contribution in [0, 0.1) is 6.92 Å². The van der Waals surface area contributed by atoms with E-state index in [9.17, 15) is 4.79 Å². The number of hydrogen-bond acceptors (Lipinski definition) is 4. The van der Waals surface area contributed by atoms with E-state index < -0.39 is 0 Å². The largest absolute Gasteiger partial charge is 0.490 e. The lowest BCUT2D eigenvalue weighted by atomic mass is 10.2. The normalized spacial score (nSPS) is 10.5. The molecule has 5 nitrogen and oxygen atoms in total. The number of aryl methyl sites for hydroxylation is 1. The number of ether oxygens (including phenoxy) is 2. The van der Waals surface area contributed by atoms with E-state index >= 15 is 0 Å². The summed E-state index contributed by atoms with van der Waals surface area (Å²) in [5.41, 5.74) is 3.51. The summed E-state index contributed by atoms with van der Waals surface area (Å²) in [5, 5.41) is 7.26. The Kier molecular flexibility index (Phi) is 8.67. The number of carbonyl (C=O) groups excluding carboxylic acids is 1. The molecule has 3 rings (SSSR count). The zero-order chi connectivity index (χ0) is 23.1. The highest BCUT2D eigenvalue weighted by Gasteiger charge is 2.13. The van der Waals surface area contributed by atoms with Crippen molar-refractivity contribution in [2.24, 2.45) is 0 Å². The Hall–Kier alpha value is -2.41. The summed E-state index contributed by atoms with van der Waals surface area (Å²) in [4.78, 5) is 12.3. The molecule has 0 bridgehead atoms. The monoisotopic (exact) mass is 536 g/mol. The molecule has 0 aliphatic carbocycles. The van der Waals surface area contributed by atoms with Gasteiger partial charge in [-0.3, -0.25) is 4.79 Å². The molecule has 0 spiro atoms. The molecule has 0 saturated carbocycles. The van der Waals surface area contributed by atoms with Crippen molar-refractivity contribution in [3.05, 3.63) is 80.2 Å². The third kappa shape index (κ3) is 6.79. The molecule has 0 heterocycles. The molecule has 0 unspecified atom stereocenters. The van der Waals surface area contributed by atoms with Crippen LogP contribution >= 0.6 is 39.1 Å². The molecule has 168 valence electrons. The molecule has 32 heavy (non-hydrogen) atoms. The minimum absolute atomic E-state index is 0.143. The Labute approximate surface area is 206 Å². The molecule has 0 fully saturated rings. The molecule has 0 aromatic heterocycles. The van der Waals surface area contributed by atoms with Crippen LogP contribution in [-0.2, 0) is 11.3 Å². The van der Waals surface area contributed by atoms with Gasteiger partial charge in [0.25, 0.3) is 5.91 Å². The molecule has 3 aromatic carbocycles. The second kappa shape index (κ2) is 11.5. The number of anilines is 2. The van der Waals surface area contributed by atoms with Crippen molar-refractivity contribution in [2.75, 3.05) is 23.8 Å². The third-order valence-corrected chi connectivity index (χ3v) is 5.81. The van der Waals surface area contributed by atoms with E-state index in [1.165, 1.54) is 0 Å². The van der Waals surface area contributed by atoms with Crippen molar-refractivity contribution < 1.29 is 14.3 Å². The fraction of sp³-hybridized carbons (Fsp3) is 0.208. The Morgan fingerprint density at radius 1 is 1.00 bits per heavy atom. The van der Waals surface area contributed by atoms with Gasteiger partial charge in [-0.1, -0.05) is 56.8 Å². The first-order chi connectivity index (χ1) is 15.4. The van der Waals surface area contributed by atoms with Gasteiger partial charge in [-0.15, -0.1) is 0 Å². The zero-order valence-corrected chi connectivity index (χ0v) is 20.8. The highest BCUT2D eigenvalue weighted by atomic mass is 79.9. The maximum absolute atomic E-state index is 12.3. The van der Waals surface area contributed by atoms with E-state index in [1.54, 1.807) is 24.3 Å². The average molecular weight is 538 g/mol. The van der Waals surface area contributed by atoms with Crippen molar-refractivity contribution in [3.63, 3.8) is 0 Å². The fourth-order valence-corrected chi connectivity index (χ4v) is 3.71. The van der Waals surface area contributed by atoms with E-state index in [-0.39, 0.29) is 12.5 Å². The predicted molar refractivity (Wildman–Crippen MR) is 134 cm³/mol. The molecule has 3 aromatic rings.